The van der Waals surface area contributed by atoms with Gasteiger partial charge in [-0.2, -0.15) is 0 Å². The van der Waals surface area contributed by atoms with E-state index in [-0.39, 0.29) is 19.8 Å². The highest BCUT2D eigenvalue weighted by atomic mass is 35.5. The second kappa shape index (κ2) is 8.34. The number of aryl methyl sites for hydroxylation is 2. The summed E-state index contributed by atoms with van der Waals surface area (Å²) in [6.45, 7) is 3.59. The largest absolute Gasteiger partial charge is 0.333 e. The van der Waals surface area contributed by atoms with Crippen molar-refractivity contribution in [2.75, 3.05) is 5.32 Å². The lowest BCUT2D eigenvalue weighted by Crippen LogP contribution is -2.34. The van der Waals surface area contributed by atoms with Crippen molar-refractivity contribution < 1.29 is 13.2 Å². The van der Waals surface area contributed by atoms with Crippen LogP contribution in [0.5, 0.6) is 0 Å². The first-order valence-electron chi connectivity index (χ1n) is 9.19. The lowest BCUT2D eigenvalue weighted by atomic mass is 10.1. The van der Waals surface area contributed by atoms with Crippen LogP contribution in [0.25, 0.3) is 16.7 Å². The zero-order chi connectivity index (χ0) is 23.0. The number of urea groups is 1. The molecule has 1 aromatic carbocycles. The summed E-state index contributed by atoms with van der Waals surface area (Å²) in [6, 6.07) is 10.2. The highest BCUT2D eigenvalue weighted by Gasteiger charge is 2.20. The molecule has 0 radical (unpaired) electrons. The first-order valence-corrected chi connectivity index (χ1v) is 11.9. The number of hydrogen-bond donors (Lipinski definition) is 2. The molecule has 3 heterocycles. The average molecular weight is 490 g/mol. The molecule has 0 saturated heterocycles. The van der Waals surface area contributed by atoms with E-state index >= 15 is 0 Å². The van der Waals surface area contributed by atoms with Gasteiger partial charge in [0.15, 0.2) is 0 Å². The zero-order valence-electron chi connectivity index (χ0n) is 16.8. The molecule has 4 aromatic rings. The SMILES string of the molecule is Cc1ccc2nc(C)n(-c3ccc(NC(=O)NS(=O)(=O)c4ccc(Cl)s4)cn3)c(=O)c2c1. The van der Waals surface area contributed by atoms with E-state index in [4.69, 9.17) is 11.6 Å². The van der Waals surface area contributed by atoms with E-state index in [1.165, 1.54) is 35.0 Å². The molecule has 2 amide bonds. The predicted octanol–water partition coefficient (Wildman–Crippen LogP) is 3.62. The van der Waals surface area contributed by atoms with Crippen molar-refractivity contribution in [1.82, 2.24) is 19.3 Å². The summed E-state index contributed by atoms with van der Waals surface area (Å²) < 4.78 is 27.9. The Hall–Kier alpha value is -3.28. The smallest absolute Gasteiger partial charge is 0.306 e. The summed E-state index contributed by atoms with van der Waals surface area (Å²) in [6.07, 6.45) is 1.32. The van der Waals surface area contributed by atoms with Crippen molar-refractivity contribution >= 4 is 55.6 Å². The van der Waals surface area contributed by atoms with Gasteiger partial charge in [-0.25, -0.2) is 32.5 Å². The van der Waals surface area contributed by atoms with Gasteiger partial charge in [0.25, 0.3) is 15.6 Å². The van der Waals surface area contributed by atoms with E-state index in [2.05, 4.69) is 15.3 Å². The van der Waals surface area contributed by atoms with E-state index in [0.717, 1.165) is 16.9 Å². The number of aromatic nitrogens is 3. The van der Waals surface area contributed by atoms with Crippen LogP contribution in [-0.4, -0.2) is 29.0 Å². The second-order valence-corrected chi connectivity index (χ2v) is 10.5. The topological polar surface area (TPSA) is 123 Å². The highest BCUT2D eigenvalue weighted by Crippen LogP contribution is 2.25. The van der Waals surface area contributed by atoms with Crippen LogP contribution in [0.3, 0.4) is 0 Å². The molecule has 0 aliphatic heterocycles. The normalized spacial score (nSPS) is 11.5. The first kappa shape index (κ1) is 21.9. The number of amides is 2. The van der Waals surface area contributed by atoms with E-state index < -0.39 is 16.1 Å². The number of halogens is 1. The molecule has 0 atom stereocenters. The summed E-state index contributed by atoms with van der Waals surface area (Å²) in [5.41, 5.74) is 1.51. The van der Waals surface area contributed by atoms with Crippen molar-refractivity contribution in [3.05, 3.63) is 74.7 Å². The molecule has 0 aliphatic rings. The number of carbonyl (C=O) groups is 1. The van der Waals surface area contributed by atoms with Crippen molar-refractivity contribution in [3.8, 4) is 5.82 Å². The molecule has 0 unspecified atom stereocenters. The minimum Gasteiger partial charge on any atom is -0.306 e. The summed E-state index contributed by atoms with van der Waals surface area (Å²) in [4.78, 5) is 33.8. The molecule has 2 N–H and O–H groups in total. The fraction of sp³-hybridized carbons (Fsp3) is 0.100. The Bertz CT molecular complexity index is 1510. The van der Waals surface area contributed by atoms with Crippen LogP contribution in [0.1, 0.15) is 11.4 Å². The Kier molecular flexibility index (Phi) is 5.71. The van der Waals surface area contributed by atoms with Crippen LogP contribution in [0.4, 0.5) is 10.5 Å². The van der Waals surface area contributed by atoms with Gasteiger partial charge < -0.3 is 5.32 Å². The summed E-state index contributed by atoms with van der Waals surface area (Å²) in [5.74, 6) is 0.772. The van der Waals surface area contributed by atoms with E-state index in [1.807, 2.05) is 17.7 Å². The third-order valence-electron chi connectivity index (χ3n) is 4.47. The Morgan fingerprint density at radius 3 is 2.56 bits per heavy atom. The maximum absolute atomic E-state index is 13.0. The van der Waals surface area contributed by atoms with Gasteiger partial charge in [-0.05, 0) is 50.2 Å². The third kappa shape index (κ3) is 4.35. The van der Waals surface area contributed by atoms with E-state index in [0.29, 0.717) is 22.5 Å². The molecular formula is C20H16ClN5O4S2. The number of sulfonamides is 1. The monoisotopic (exact) mass is 489 g/mol. The van der Waals surface area contributed by atoms with Gasteiger partial charge in [-0.1, -0.05) is 23.2 Å². The first-order chi connectivity index (χ1) is 15.1. The second-order valence-electron chi connectivity index (χ2n) is 6.84. The quantitative estimate of drug-likeness (QED) is 0.451. The maximum atomic E-state index is 13.0. The number of hydrogen-bond acceptors (Lipinski definition) is 7. The molecule has 3 aromatic heterocycles. The van der Waals surface area contributed by atoms with Crippen molar-refractivity contribution in [1.29, 1.82) is 0 Å². The highest BCUT2D eigenvalue weighted by molar-refractivity contribution is 7.92. The zero-order valence-corrected chi connectivity index (χ0v) is 19.2. The molecule has 0 bridgehead atoms. The Labute approximate surface area is 191 Å². The minimum absolute atomic E-state index is 0.0833. The van der Waals surface area contributed by atoms with Crippen LogP contribution in [-0.2, 0) is 10.0 Å². The Balaban J connectivity index is 1.56. The number of fused-ring (bicyclic) bond motifs is 1. The number of benzene rings is 1. The molecule has 0 saturated carbocycles. The molecule has 4 rings (SSSR count). The number of nitrogens with zero attached hydrogens (tertiary/aromatic N) is 3. The average Bonchev–Trinajstić information content (AvgIpc) is 3.17. The van der Waals surface area contributed by atoms with E-state index in [9.17, 15) is 18.0 Å². The molecule has 9 nitrogen and oxygen atoms in total. The minimum atomic E-state index is -4.05. The maximum Gasteiger partial charge on any atom is 0.333 e. The number of thiophene rings is 1. The number of nitrogens with one attached hydrogen (secondary N) is 2. The standard InChI is InChI=1S/C20H16ClN5O4S2/c1-11-3-5-15-14(9-11)19(27)26(12(2)23-15)17-7-4-13(10-22-17)24-20(28)25-32(29,30)18-8-6-16(21)31-18/h3-10H,1-2H3,(H2,24,25,28). The Morgan fingerprint density at radius 2 is 1.91 bits per heavy atom. The number of carbonyl (C=O) groups excluding carboxylic acids is 1. The van der Waals surface area contributed by atoms with Gasteiger partial charge in [-0.3, -0.25) is 4.79 Å². The van der Waals surface area contributed by atoms with Crippen LogP contribution in [0.15, 0.2) is 57.7 Å². The summed E-state index contributed by atoms with van der Waals surface area (Å²) >= 11 is 6.58. The molecule has 32 heavy (non-hydrogen) atoms. The van der Waals surface area contributed by atoms with Crippen LogP contribution >= 0.6 is 22.9 Å². The fourth-order valence-corrected chi connectivity index (χ4v) is 5.43. The lowest BCUT2D eigenvalue weighted by Gasteiger charge is -2.11. The van der Waals surface area contributed by atoms with Crippen LogP contribution < -0.4 is 15.6 Å². The predicted molar refractivity (Wildman–Crippen MR) is 123 cm³/mol. The molecule has 12 heteroatoms. The van der Waals surface area contributed by atoms with Gasteiger partial charge in [-0.15, -0.1) is 11.3 Å². The molecule has 0 aliphatic carbocycles. The van der Waals surface area contributed by atoms with Gasteiger partial charge in [0.05, 0.1) is 27.1 Å². The van der Waals surface area contributed by atoms with Crippen LogP contribution in [0.2, 0.25) is 4.34 Å². The molecular weight excluding hydrogens is 474 g/mol. The number of rotatable bonds is 4. The molecule has 0 fully saturated rings. The van der Waals surface area contributed by atoms with Crippen molar-refractivity contribution in [2.24, 2.45) is 0 Å². The summed E-state index contributed by atoms with van der Waals surface area (Å²) in [7, 11) is -4.05. The Morgan fingerprint density at radius 1 is 1.12 bits per heavy atom. The fourth-order valence-electron chi connectivity index (χ4n) is 3.04. The van der Waals surface area contributed by atoms with Gasteiger partial charge in [0.2, 0.25) is 0 Å². The molecule has 0 spiro atoms. The van der Waals surface area contributed by atoms with Gasteiger partial charge in [0.1, 0.15) is 15.9 Å². The van der Waals surface area contributed by atoms with Gasteiger partial charge >= 0.3 is 6.03 Å². The van der Waals surface area contributed by atoms with Crippen molar-refractivity contribution in [3.63, 3.8) is 0 Å². The number of anilines is 1. The van der Waals surface area contributed by atoms with Crippen LogP contribution in [0, 0.1) is 13.8 Å². The van der Waals surface area contributed by atoms with E-state index in [1.54, 1.807) is 19.1 Å². The lowest BCUT2D eigenvalue weighted by molar-refractivity contribution is 0.256. The summed E-state index contributed by atoms with van der Waals surface area (Å²) in [5, 5.41) is 2.87. The van der Waals surface area contributed by atoms with Gasteiger partial charge in [0, 0.05) is 0 Å². The molecule has 164 valence electrons. The third-order valence-corrected chi connectivity index (χ3v) is 7.52. The number of pyridine rings is 1. The van der Waals surface area contributed by atoms with Crippen molar-refractivity contribution in [2.45, 2.75) is 18.1 Å².